The number of hydrogen-bond acceptors (Lipinski definition) is 2. The minimum atomic E-state index is -0.141. The van der Waals surface area contributed by atoms with Crippen molar-refractivity contribution in [3.8, 4) is 5.75 Å². The molecule has 0 saturated heterocycles. The Morgan fingerprint density at radius 2 is 1.43 bits per heavy atom. The Hall–Kier alpha value is -1.31. The van der Waals surface area contributed by atoms with Crippen LogP contribution in [0.3, 0.4) is 0 Å². The van der Waals surface area contributed by atoms with Crippen molar-refractivity contribution in [1.82, 2.24) is 0 Å². The molecule has 0 N–H and O–H groups in total. The summed E-state index contributed by atoms with van der Waals surface area (Å²) in [5.41, 5.74) is 3.30. The third-order valence-electron chi connectivity index (χ3n) is 3.52. The number of carbonyl (C=O) groups excluding carboxylic acids is 1. The Morgan fingerprint density at radius 3 is 1.76 bits per heavy atom. The number of ether oxygens (including phenoxy) is 1. The topological polar surface area (TPSA) is 26.3 Å². The average molecular weight is 290 g/mol. The lowest BCUT2D eigenvalue weighted by Crippen LogP contribution is -2.22. The average Bonchev–Trinajstić information content (AvgIpc) is 2.28. The fourth-order valence-electron chi connectivity index (χ4n) is 2.37. The van der Waals surface area contributed by atoms with E-state index in [4.69, 9.17) is 4.74 Å². The highest BCUT2D eigenvalue weighted by atomic mass is 16.5. The molecule has 1 rings (SSSR count). The number of esters is 1. The van der Waals surface area contributed by atoms with Gasteiger partial charge < -0.3 is 4.74 Å². The Labute approximate surface area is 129 Å². The fraction of sp³-hybridized carbons (Fsp3) is 0.632. The summed E-state index contributed by atoms with van der Waals surface area (Å²) in [6, 6.07) is 4.29. The molecular weight excluding hydrogens is 260 g/mol. The molecule has 0 aliphatic rings. The molecule has 0 atom stereocenters. The predicted octanol–water partition coefficient (Wildman–Crippen LogP) is 5.30. The van der Waals surface area contributed by atoms with Gasteiger partial charge in [0.2, 0.25) is 0 Å². The van der Waals surface area contributed by atoms with Crippen molar-refractivity contribution in [3.05, 3.63) is 28.8 Å². The Bertz CT molecular complexity index is 478. The van der Waals surface area contributed by atoms with Gasteiger partial charge in [-0.3, -0.25) is 4.79 Å². The molecule has 2 heteroatoms. The van der Waals surface area contributed by atoms with E-state index in [1.807, 2.05) is 6.92 Å². The maximum absolute atomic E-state index is 12.0. The quantitative estimate of drug-likeness (QED) is 0.558. The van der Waals surface area contributed by atoms with Crippen molar-refractivity contribution in [1.29, 1.82) is 0 Å². The maximum atomic E-state index is 12.0. The van der Waals surface area contributed by atoms with Gasteiger partial charge in [0.05, 0.1) is 0 Å². The highest BCUT2D eigenvalue weighted by molar-refractivity contribution is 5.74. The zero-order chi connectivity index (χ0) is 16.4. The van der Waals surface area contributed by atoms with Gasteiger partial charge in [0.15, 0.2) is 0 Å². The molecule has 1 aromatic rings. The Balaban J connectivity index is 3.50. The van der Waals surface area contributed by atoms with Crippen molar-refractivity contribution < 1.29 is 9.53 Å². The SMILES string of the molecule is CCCC(=O)Oc1c(C(C)(C)C)cc(C)cc1C(C)(C)C. The first-order valence-electron chi connectivity index (χ1n) is 7.83. The summed E-state index contributed by atoms with van der Waals surface area (Å²) in [5.74, 6) is 0.622. The molecule has 0 aromatic heterocycles. The maximum Gasteiger partial charge on any atom is 0.311 e. The van der Waals surface area contributed by atoms with Gasteiger partial charge in [-0.05, 0) is 24.2 Å². The summed E-state index contributed by atoms with van der Waals surface area (Å²) in [6.07, 6.45) is 1.27. The molecule has 21 heavy (non-hydrogen) atoms. The van der Waals surface area contributed by atoms with Crippen LogP contribution in [0.15, 0.2) is 12.1 Å². The van der Waals surface area contributed by atoms with E-state index in [1.165, 1.54) is 5.56 Å². The molecule has 0 heterocycles. The summed E-state index contributed by atoms with van der Waals surface area (Å²) >= 11 is 0. The summed E-state index contributed by atoms with van der Waals surface area (Å²) in [5, 5.41) is 0. The number of hydrogen-bond donors (Lipinski definition) is 0. The summed E-state index contributed by atoms with van der Waals surface area (Å²) in [6.45, 7) is 17.0. The van der Waals surface area contributed by atoms with Crippen molar-refractivity contribution in [2.45, 2.75) is 79.1 Å². The molecule has 1 aromatic carbocycles. The largest absolute Gasteiger partial charge is 0.426 e. The van der Waals surface area contributed by atoms with Gasteiger partial charge >= 0.3 is 5.97 Å². The van der Waals surface area contributed by atoms with E-state index < -0.39 is 0 Å². The second-order valence-corrected chi connectivity index (χ2v) is 7.91. The van der Waals surface area contributed by atoms with Gasteiger partial charge in [0.1, 0.15) is 5.75 Å². The highest BCUT2D eigenvalue weighted by Crippen LogP contribution is 2.40. The van der Waals surface area contributed by atoms with Crippen LogP contribution >= 0.6 is 0 Å². The number of carbonyl (C=O) groups is 1. The molecule has 2 nitrogen and oxygen atoms in total. The standard InChI is InChI=1S/C19H30O2/c1-9-10-16(20)21-17-14(18(3,4)5)11-13(2)12-15(17)19(6,7)8/h11-12H,9-10H2,1-8H3. The molecular formula is C19H30O2. The van der Waals surface area contributed by atoms with E-state index in [2.05, 4.69) is 60.6 Å². The molecule has 0 fully saturated rings. The lowest BCUT2D eigenvalue weighted by Gasteiger charge is -2.29. The van der Waals surface area contributed by atoms with Gasteiger partial charge in [-0.25, -0.2) is 0 Å². The third-order valence-corrected chi connectivity index (χ3v) is 3.52. The summed E-state index contributed by atoms with van der Waals surface area (Å²) in [7, 11) is 0. The third kappa shape index (κ3) is 4.59. The molecule has 0 aliphatic heterocycles. The fourth-order valence-corrected chi connectivity index (χ4v) is 2.37. The highest BCUT2D eigenvalue weighted by Gasteiger charge is 2.28. The van der Waals surface area contributed by atoms with Crippen molar-refractivity contribution in [2.24, 2.45) is 0 Å². The molecule has 0 radical (unpaired) electrons. The van der Waals surface area contributed by atoms with Crippen LogP contribution in [0.25, 0.3) is 0 Å². The number of benzene rings is 1. The van der Waals surface area contributed by atoms with E-state index in [0.29, 0.717) is 6.42 Å². The van der Waals surface area contributed by atoms with Gasteiger partial charge in [-0.2, -0.15) is 0 Å². The van der Waals surface area contributed by atoms with E-state index in [0.717, 1.165) is 23.3 Å². The van der Waals surface area contributed by atoms with Crippen LogP contribution in [0.4, 0.5) is 0 Å². The zero-order valence-corrected chi connectivity index (χ0v) is 14.9. The first-order valence-corrected chi connectivity index (χ1v) is 7.83. The van der Waals surface area contributed by atoms with E-state index in [-0.39, 0.29) is 16.8 Å². The lowest BCUT2D eigenvalue weighted by atomic mass is 9.78. The molecule has 0 saturated carbocycles. The lowest BCUT2D eigenvalue weighted by molar-refractivity contribution is -0.134. The Kier molecular flexibility index (Phi) is 5.25. The smallest absolute Gasteiger partial charge is 0.311 e. The normalized spacial score (nSPS) is 12.4. The molecule has 0 aliphatic carbocycles. The monoisotopic (exact) mass is 290 g/mol. The minimum Gasteiger partial charge on any atom is -0.426 e. The second kappa shape index (κ2) is 6.21. The molecule has 118 valence electrons. The van der Waals surface area contributed by atoms with Crippen LogP contribution < -0.4 is 4.74 Å². The van der Waals surface area contributed by atoms with Crippen LogP contribution in [0.2, 0.25) is 0 Å². The van der Waals surface area contributed by atoms with Crippen LogP contribution in [0.1, 0.15) is 78.0 Å². The summed E-state index contributed by atoms with van der Waals surface area (Å²) < 4.78 is 5.79. The molecule has 0 bridgehead atoms. The number of rotatable bonds is 3. The van der Waals surface area contributed by atoms with Crippen molar-refractivity contribution in [2.75, 3.05) is 0 Å². The first-order chi connectivity index (χ1) is 9.46. The zero-order valence-electron chi connectivity index (χ0n) is 14.9. The van der Waals surface area contributed by atoms with Crippen LogP contribution in [-0.2, 0) is 15.6 Å². The van der Waals surface area contributed by atoms with Crippen LogP contribution in [0.5, 0.6) is 5.75 Å². The first kappa shape index (κ1) is 17.7. The van der Waals surface area contributed by atoms with Gasteiger partial charge in [0.25, 0.3) is 0 Å². The number of aryl methyl sites for hydroxylation is 1. The summed E-state index contributed by atoms with van der Waals surface area (Å²) in [4.78, 5) is 12.0. The van der Waals surface area contributed by atoms with Crippen molar-refractivity contribution in [3.63, 3.8) is 0 Å². The minimum absolute atomic E-state index is 0.0617. The Morgan fingerprint density at radius 1 is 1.00 bits per heavy atom. The van der Waals surface area contributed by atoms with Crippen LogP contribution in [-0.4, -0.2) is 5.97 Å². The van der Waals surface area contributed by atoms with Crippen LogP contribution in [0, 0.1) is 6.92 Å². The van der Waals surface area contributed by atoms with Crippen molar-refractivity contribution >= 4 is 5.97 Å². The van der Waals surface area contributed by atoms with E-state index >= 15 is 0 Å². The molecule has 0 unspecified atom stereocenters. The van der Waals surface area contributed by atoms with Gasteiger partial charge in [-0.15, -0.1) is 0 Å². The second-order valence-electron chi connectivity index (χ2n) is 7.91. The molecule has 0 spiro atoms. The van der Waals surface area contributed by atoms with E-state index in [1.54, 1.807) is 0 Å². The van der Waals surface area contributed by atoms with E-state index in [9.17, 15) is 4.79 Å². The predicted molar refractivity (Wildman–Crippen MR) is 89.1 cm³/mol. The van der Waals surface area contributed by atoms with Gasteiger partial charge in [0, 0.05) is 17.5 Å². The van der Waals surface area contributed by atoms with Gasteiger partial charge in [-0.1, -0.05) is 66.2 Å². The molecule has 0 amide bonds.